The van der Waals surface area contributed by atoms with Gasteiger partial charge in [0.15, 0.2) is 0 Å². The van der Waals surface area contributed by atoms with Crippen molar-refractivity contribution in [1.29, 1.82) is 0 Å². The molecule has 0 aliphatic carbocycles. The van der Waals surface area contributed by atoms with Crippen molar-refractivity contribution in [3.63, 3.8) is 0 Å². The molecular formula is C46H29N3S. The summed E-state index contributed by atoms with van der Waals surface area (Å²) < 4.78 is 109. The maximum Gasteiger partial charge on any atom is 0.116 e. The van der Waals surface area contributed by atoms with E-state index in [4.69, 9.17) is 15.1 Å². The molecule has 3 heterocycles. The van der Waals surface area contributed by atoms with Crippen LogP contribution in [0.1, 0.15) is 16.4 Å². The van der Waals surface area contributed by atoms with E-state index >= 15 is 0 Å². The number of rotatable bonds is 5. The lowest BCUT2D eigenvalue weighted by Crippen LogP contribution is -1.95. The van der Waals surface area contributed by atoms with E-state index in [0.717, 1.165) is 48.0 Å². The second kappa shape index (κ2) is 11.7. The molecule has 0 saturated carbocycles. The Hall–Kier alpha value is -6.36. The molecule has 0 aliphatic rings. The molecule has 4 heteroatoms. The molecular weight excluding hydrogens is 627 g/mol. The van der Waals surface area contributed by atoms with Gasteiger partial charge in [-0.05, 0) is 75.7 Å². The highest BCUT2D eigenvalue weighted by Gasteiger charge is 2.16. The van der Waals surface area contributed by atoms with Gasteiger partial charge in [0.25, 0.3) is 0 Å². The van der Waals surface area contributed by atoms with E-state index < -0.39 is 78.2 Å². The van der Waals surface area contributed by atoms with Crippen LogP contribution in [0.2, 0.25) is 0 Å². The van der Waals surface area contributed by atoms with Gasteiger partial charge >= 0.3 is 0 Å². The Bertz CT molecular complexity index is 3470. The second-order valence-corrected chi connectivity index (χ2v) is 12.8. The summed E-state index contributed by atoms with van der Waals surface area (Å²) in [7, 11) is 0. The van der Waals surface area contributed by atoms with Gasteiger partial charge < -0.3 is 4.57 Å². The largest absolute Gasteiger partial charge is 0.309 e. The van der Waals surface area contributed by atoms with Crippen molar-refractivity contribution < 1.29 is 16.4 Å². The molecule has 50 heavy (non-hydrogen) atoms. The minimum atomic E-state index is -0.658. The van der Waals surface area contributed by atoms with E-state index in [0.29, 0.717) is 10.2 Å². The predicted octanol–water partition coefficient (Wildman–Crippen LogP) is 12.6. The molecule has 7 aromatic carbocycles. The van der Waals surface area contributed by atoms with E-state index in [-0.39, 0.29) is 33.1 Å². The van der Waals surface area contributed by atoms with Crippen LogP contribution >= 0.6 is 11.3 Å². The first-order chi connectivity index (χ1) is 29.8. The number of hydrogen-bond donors (Lipinski definition) is 0. The molecule has 0 saturated heterocycles. The monoisotopic (exact) mass is 667 g/mol. The molecule has 10 rings (SSSR count). The third-order valence-electron chi connectivity index (χ3n) is 8.88. The Morgan fingerprint density at radius 2 is 1.12 bits per heavy atom. The zero-order valence-electron chi connectivity index (χ0n) is 38.1. The predicted molar refractivity (Wildman–Crippen MR) is 211 cm³/mol. The Labute approximate surface area is 310 Å². The van der Waals surface area contributed by atoms with Gasteiger partial charge in [-0.2, -0.15) is 0 Å². The molecule has 3 nitrogen and oxygen atoms in total. The average Bonchev–Trinajstić information content (AvgIpc) is 3.85. The van der Waals surface area contributed by atoms with Crippen LogP contribution in [0.5, 0.6) is 0 Å². The third kappa shape index (κ3) is 4.73. The van der Waals surface area contributed by atoms with Crippen LogP contribution < -0.4 is 0 Å². The van der Waals surface area contributed by atoms with Crippen molar-refractivity contribution in [1.82, 2.24) is 14.5 Å². The summed E-state index contributed by atoms with van der Waals surface area (Å²) in [5.74, 6) is 0. The maximum atomic E-state index is 9.65. The number of para-hydroxylation sites is 2. The first-order valence-electron chi connectivity index (χ1n) is 21.8. The van der Waals surface area contributed by atoms with Gasteiger partial charge in [-0.15, -0.1) is 11.3 Å². The van der Waals surface area contributed by atoms with Crippen LogP contribution in [-0.4, -0.2) is 14.5 Å². The van der Waals surface area contributed by atoms with Gasteiger partial charge in [-0.25, -0.2) is 9.97 Å². The highest BCUT2D eigenvalue weighted by Crippen LogP contribution is 2.41. The molecule has 0 fully saturated rings. The number of fused-ring (bicyclic) bond motifs is 6. The molecule has 3 aromatic heterocycles. The van der Waals surface area contributed by atoms with Gasteiger partial charge in [-0.3, -0.25) is 0 Å². The molecule has 0 spiro atoms. The molecule has 234 valence electrons. The van der Waals surface area contributed by atoms with Crippen molar-refractivity contribution in [3.8, 4) is 50.3 Å². The Morgan fingerprint density at radius 1 is 0.500 bits per heavy atom. The number of aromatic nitrogens is 3. The quantitative estimate of drug-likeness (QED) is 0.183. The van der Waals surface area contributed by atoms with Gasteiger partial charge in [0.2, 0.25) is 0 Å². The van der Waals surface area contributed by atoms with Gasteiger partial charge in [0.05, 0.1) is 43.4 Å². The fraction of sp³-hybridized carbons (Fsp3) is 0. The number of benzene rings is 7. The van der Waals surface area contributed by atoms with Crippen LogP contribution in [-0.2, 0) is 0 Å². The standard InChI is InChI=1S/C46H29N3S/c1-2-10-30(11-3-1)31-20-22-32(23-21-31)33-12-8-13-34(26-33)35-24-25-43-40(28-35)45-46(50-43)44(47-29-48-45)36-14-9-15-37(27-36)49-41-18-6-4-16-38(41)39-17-5-7-19-42(39)49/h1-29H/i4D,5D,6D,7D,9D,14D,15D,16D,17D,18D,19D,27D. The van der Waals surface area contributed by atoms with Crippen LogP contribution in [0.25, 0.3) is 92.4 Å². The zero-order chi connectivity index (χ0) is 43.5. The average molecular weight is 668 g/mol. The normalized spacial score (nSPS) is 15.0. The fourth-order valence-corrected chi connectivity index (χ4v) is 7.64. The summed E-state index contributed by atoms with van der Waals surface area (Å²) in [5, 5.41) is 0.340. The maximum absolute atomic E-state index is 9.65. The molecule has 0 radical (unpaired) electrons. The molecule has 0 aliphatic heterocycles. The number of nitrogens with zero attached hydrogens (tertiary/aromatic N) is 3. The summed E-state index contributed by atoms with van der Waals surface area (Å²) >= 11 is 1.33. The van der Waals surface area contributed by atoms with Crippen LogP contribution in [0, 0.1) is 0 Å². The van der Waals surface area contributed by atoms with E-state index in [2.05, 4.69) is 58.5 Å². The molecule has 0 amide bonds. The van der Waals surface area contributed by atoms with Crippen molar-refractivity contribution in [2.75, 3.05) is 0 Å². The van der Waals surface area contributed by atoms with Crippen molar-refractivity contribution in [2.45, 2.75) is 0 Å². The summed E-state index contributed by atoms with van der Waals surface area (Å²) in [6.45, 7) is 0. The lowest BCUT2D eigenvalue weighted by molar-refractivity contribution is 1.18. The lowest BCUT2D eigenvalue weighted by Gasteiger charge is -2.10. The van der Waals surface area contributed by atoms with Gasteiger partial charge in [-0.1, -0.05) is 127 Å². The molecule has 0 bridgehead atoms. The highest BCUT2D eigenvalue weighted by atomic mass is 32.1. The van der Waals surface area contributed by atoms with Crippen molar-refractivity contribution >= 4 is 53.4 Å². The van der Waals surface area contributed by atoms with Crippen LogP contribution in [0.15, 0.2) is 176 Å². The van der Waals surface area contributed by atoms with Gasteiger partial charge in [0, 0.05) is 32.1 Å². The Kier molecular flexibility index (Phi) is 4.43. The Balaban J connectivity index is 1.15. The minimum absolute atomic E-state index is 0.132. The summed E-state index contributed by atoms with van der Waals surface area (Å²) in [4.78, 5) is 9.18. The first kappa shape index (κ1) is 19.0. The van der Waals surface area contributed by atoms with Crippen molar-refractivity contribution in [2.24, 2.45) is 0 Å². The third-order valence-corrected chi connectivity index (χ3v) is 10.0. The number of thiophene rings is 1. The van der Waals surface area contributed by atoms with Crippen LogP contribution in [0.3, 0.4) is 0 Å². The molecule has 0 unspecified atom stereocenters. The highest BCUT2D eigenvalue weighted by molar-refractivity contribution is 7.26. The van der Waals surface area contributed by atoms with Gasteiger partial charge in [0.1, 0.15) is 6.33 Å². The second-order valence-electron chi connectivity index (χ2n) is 11.7. The lowest BCUT2D eigenvalue weighted by atomic mass is 9.96. The summed E-state index contributed by atoms with van der Waals surface area (Å²) in [6, 6.07) is 25.7. The molecule has 0 N–H and O–H groups in total. The SMILES string of the molecule is [2H]c1c([2H])c(-c2ncnc3c2sc2ccc(-c4cccc(-c5ccc(-c6ccccc6)cc5)c4)cc23)c([2H])c(-n2c3c([2H])c([2H])c([2H])c([2H])c3c3c([2H])c([2H])c([2H])c([2H])c32)c1[2H]. The van der Waals surface area contributed by atoms with E-state index in [9.17, 15) is 1.37 Å². The summed E-state index contributed by atoms with van der Waals surface area (Å²) in [6.07, 6.45) is 1.31. The van der Waals surface area contributed by atoms with E-state index in [1.807, 2.05) is 48.5 Å². The van der Waals surface area contributed by atoms with Crippen molar-refractivity contribution in [3.05, 3.63) is 176 Å². The van der Waals surface area contributed by atoms with E-state index in [1.165, 1.54) is 17.7 Å². The molecule has 10 aromatic rings. The zero-order valence-corrected chi connectivity index (χ0v) is 26.9. The first-order valence-corrected chi connectivity index (χ1v) is 16.7. The smallest absolute Gasteiger partial charge is 0.116 e. The van der Waals surface area contributed by atoms with Crippen LogP contribution in [0.4, 0.5) is 0 Å². The molecule has 0 atom stereocenters. The topological polar surface area (TPSA) is 30.7 Å². The summed E-state index contributed by atoms with van der Waals surface area (Å²) in [5.41, 5.74) is 5.81. The number of hydrogen-bond acceptors (Lipinski definition) is 3. The van der Waals surface area contributed by atoms with E-state index in [1.54, 1.807) is 0 Å². The Morgan fingerprint density at radius 3 is 1.88 bits per heavy atom. The minimum Gasteiger partial charge on any atom is -0.309 e. The fourth-order valence-electron chi connectivity index (χ4n) is 6.51.